The van der Waals surface area contributed by atoms with Crippen molar-refractivity contribution in [2.75, 3.05) is 11.9 Å². The molecule has 0 aromatic heterocycles. The van der Waals surface area contributed by atoms with E-state index in [1.54, 1.807) is 18.2 Å². The molecule has 19 heavy (non-hydrogen) atoms. The van der Waals surface area contributed by atoms with Gasteiger partial charge in [-0.25, -0.2) is 0 Å². The molecule has 0 saturated heterocycles. The summed E-state index contributed by atoms with van der Waals surface area (Å²) in [5, 5.41) is 12.0. The van der Waals surface area contributed by atoms with Gasteiger partial charge in [-0.15, -0.1) is 0 Å². The van der Waals surface area contributed by atoms with E-state index in [2.05, 4.69) is 27.3 Å². The van der Waals surface area contributed by atoms with E-state index in [9.17, 15) is 4.79 Å². The fraction of sp³-hybridized carbons (Fsp3) is 0.429. The normalized spacial score (nSPS) is 16.9. The van der Waals surface area contributed by atoms with Crippen molar-refractivity contribution in [3.8, 4) is 6.07 Å². The number of hydrogen-bond donors (Lipinski definition) is 2. The number of nitrogens with one attached hydrogen (secondary N) is 1. The van der Waals surface area contributed by atoms with E-state index in [4.69, 9.17) is 11.0 Å². The smallest absolute Gasteiger partial charge is 0.231 e. The molecule has 1 saturated carbocycles. The van der Waals surface area contributed by atoms with Crippen LogP contribution in [0.25, 0.3) is 0 Å². The lowest BCUT2D eigenvalue weighted by atomic mass is 9.85. The summed E-state index contributed by atoms with van der Waals surface area (Å²) < 4.78 is 0.816. The van der Waals surface area contributed by atoms with Gasteiger partial charge in [-0.2, -0.15) is 5.26 Å². The lowest BCUT2D eigenvalue weighted by molar-refractivity contribution is -0.124. The zero-order valence-electron chi connectivity index (χ0n) is 10.6. The van der Waals surface area contributed by atoms with Gasteiger partial charge in [-0.05, 0) is 31.0 Å². The molecule has 1 aliphatic rings. The van der Waals surface area contributed by atoms with Crippen LogP contribution >= 0.6 is 15.9 Å². The highest BCUT2D eigenvalue weighted by Crippen LogP contribution is 2.38. The lowest BCUT2D eigenvalue weighted by Gasteiger charge is -2.25. The van der Waals surface area contributed by atoms with Crippen LogP contribution in [0.2, 0.25) is 0 Å². The van der Waals surface area contributed by atoms with E-state index in [0.29, 0.717) is 17.8 Å². The molecule has 1 aromatic rings. The Kier molecular flexibility index (Phi) is 4.23. The molecule has 100 valence electrons. The van der Waals surface area contributed by atoms with Crippen LogP contribution in [-0.4, -0.2) is 12.5 Å². The fourth-order valence-electron chi connectivity index (χ4n) is 2.55. The Balaban J connectivity index is 2.22. The first-order chi connectivity index (χ1) is 9.11. The van der Waals surface area contributed by atoms with Crippen molar-refractivity contribution in [2.24, 2.45) is 11.1 Å². The first-order valence-electron chi connectivity index (χ1n) is 6.32. The predicted molar refractivity (Wildman–Crippen MR) is 77.4 cm³/mol. The SMILES string of the molecule is N#Cc1cc(Br)ccc1NC(=O)C1(CN)CCCC1. The van der Waals surface area contributed by atoms with E-state index >= 15 is 0 Å². The van der Waals surface area contributed by atoms with Gasteiger partial charge in [0, 0.05) is 11.0 Å². The van der Waals surface area contributed by atoms with Crippen LogP contribution in [0.1, 0.15) is 31.2 Å². The monoisotopic (exact) mass is 321 g/mol. The number of carbonyl (C=O) groups excluding carboxylic acids is 1. The Morgan fingerprint density at radius 1 is 1.47 bits per heavy atom. The average molecular weight is 322 g/mol. The van der Waals surface area contributed by atoms with Gasteiger partial charge >= 0.3 is 0 Å². The van der Waals surface area contributed by atoms with Crippen molar-refractivity contribution in [1.82, 2.24) is 0 Å². The van der Waals surface area contributed by atoms with Crippen molar-refractivity contribution >= 4 is 27.5 Å². The number of rotatable bonds is 3. The van der Waals surface area contributed by atoms with Gasteiger partial charge < -0.3 is 11.1 Å². The highest BCUT2D eigenvalue weighted by Gasteiger charge is 2.39. The van der Waals surface area contributed by atoms with E-state index in [1.807, 2.05) is 0 Å². The van der Waals surface area contributed by atoms with Crippen LogP contribution in [0.5, 0.6) is 0 Å². The van der Waals surface area contributed by atoms with Crippen LogP contribution in [0.4, 0.5) is 5.69 Å². The van der Waals surface area contributed by atoms with Crippen molar-refractivity contribution in [2.45, 2.75) is 25.7 Å². The molecule has 0 bridgehead atoms. The molecule has 1 amide bonds. The van der Waals surface area contributed by atoms with Crippen LogP contribution in [0, 0.1) is 16.7 Å². The fourth-order valence-corrected chi connectivity index (χ4v) is 2.91. The summed E-state index contributed by atoms with van der Waals surface area (Å²) in [5.74, 6) is -0.0636. The molecule has 0 unspecified atom stereocenters. The second-order valence-electron chi connectivity index (χ2n) is 4.95. The zero-order chi connectivity index (χ0) is 13.9. The minimum absolute atomic E-state index is 0.0636. The van der Waals surface area contributed by atoms with Gasteiger partial charge in [-0.1, -0.05) is 28.8 Å². The van der Waals surface area contributed by atoms with Gasteiger partial charge in [0.1, 0.15) is 6.07 Å². The van der Waals surface area contributed by atoms with E-state index in [-0.39, 0.29) is 5.91 Å². The van der Waals surface area contributed by atoms with Gasteiger partial charge in [0.05, 0.1) is 16.7 Å². The van der Waals surface area contributed by atoms with Crippen LogP contribution in [0.15, 0.2) is 22.7 Å². The Hall–Kier alpha value is -1.38. The molecule has 1 fully saturated rings. The van der Waals surface area contributed by atoms with Crippen molar-refractivity contribution < 1.29 is 4.79 Å². The lowest BCUT2D eigenvalue weighted by Crippen LogP contribution is -2.40. The van der Waals surface area contributed by atoms with Gasteiger partial charge in [-0.3, -0.25) is 4.79 Å². The summed E-state index contributed by atoms with van der Waals surface area (Å²) in [4.78, 5) is 12.4. The summed E-state index contributed by atoms with van der Waals surface area (Å²) in [6.45, 7) is 0.358. The van der Waals surface area contributed by atoms with Crippen molar-refractivity contribution in [1.29, 1.82) is 5.26 Å². The summed E-state index contributed by atoms with van der Waals surface area (Å²) in [5.41, 5.74) is 6.33. The summed E-state index contributed by atoms with van der Waals surface area (Å²) in [6, 6.07) is 7.32. The number of nitriles is 1. The number of amides is 1. The molecule has 0 radical (unpaired) electrons. The van der Waals surface area contributed by atoms with E-state index in [1.165, 1.54) is 0 Å². The Morgan fingerprint density at radius 3 is 2.74 bits per heavy atom. The number of nitrogens with two attached hydrogens (primary N) is 1. The van der Waals surface area contributed by atoms with Gasteiger partial charge in [0.2, 0.25) is 5.91 Å². The first-order valence-corrected chi connectivity index (χ1v) is 7.12. The van der Waals surface area contributed by atoms with Gasteiger partial charge in [0.25, 0.3) is 0 Å². The molecule has 4 nitrogen and oxygen atoms in total. The highest BCUT2D eigenvalue weighted by atomic mass is 79.9. The Morgan fingerprint density at radius 2 is 2.16 bits per heavy atom. The quantitative estimate of drug-likeness (QED) is 0.898. The van der Waals surface area contributed by atoms with E-state index in [0.717, 1.165) is 30.2 Å². The summed E-state index contributed by atoms with van der Waals surface area (Å²) >= 11 is 3.31. The summed E-state index contributed by atoms with van der Waals surface area (Å²) in [6.07, 6.45) is 3.73. The topological polar surface area (TPSA) is 78.9 Å². The number of halogens is 1. The molecular weight excluding hydrogens is 306 g/mol. The second kappa shape index (κ2) is 5.72. The molecule has 0 atom stereocenters. The molecule has 1 aliphatic carbocycles. The number of carbonyl (C=O) groups is 1. The summed E-state index contributed by atoms with van der Waals surface area (Å²) in [7, 11) is 0. The number of hydrogen-bond acceptors (Lipinski definition) is 3. The third-order valence-electron chi connectivity index (χ3n) is 3.78. The number of benzene rings is 1. The Labute approximate surface area is 121 Å². The first kappa shape index (κ1) is 14.0. The largest absolute Gasteiger partial charge is 0.329 e. The molecule has 0 heterocycles. The third-order valence-corrected chi connectivity index (χ3v) is 4.28. The number of nitrogens with zero attached hydrogens (tertiary/aromatic N) is 1. The Bertz CT molecular complexity index is 530. The molecule has 0 aliphatic heterocycles. The van der Waals surface area contributed by atoms with Gasteiger partial charge in [0.15, 0.2) is 0 Å². The second-order valence-corrected chi connectivity index (χ2v) is 5.86. The molecule has 2 rings (SSSR count). The van der Waals surface area contributed by atoms with Crippen molar-refractivity contribution in [3.63, 3.8) is 0 Å². The molecule has 5 heteroatoms. The van der Waals surface area contributed by atoms with Crippen molar-refractivity contribution in [3.05, 3.63) is 28.2 Å². The van der Waals surface area contributed by atoms with E-state index < -0.39 is 5.41 Å². The molecule has 1 aromatic carbocycles. The van der Waals surface area contributed by atoms with Crippen LogP contribution < -0.4 is 11.1 Å². The zero-order valence-corrected chi connectivity index (χ0v) is 12.2. The molecule has 0 spiro atoms. The number of anilines is 1. The van der Waals surface area contributed by atoms with Crippen LogP contribution in [-0.2, 0) is 4.79 Å². The average Bonchev–Trinajstić information content (AvgIpc) is 2.90. The molecule has 3 N–H and O–H groups in total. The maximum absolute atomic E-state index is 12.4. The highest BCUT2D eigenvalue weighted by molar-refractivity contribution is 9.10. The maximum atomic E-state index is 12.4. The van der Waals surface area contributed by atoms with Crippen LogP contribution in [0.3, 0.4) is 0 Å². The predicted octanol–water partition coefficient (Wildman–Crippen LogP) is 2.78. The minimum Gasteiger partial charge on any atom is -0.329 e. The third kappa shape index (κ3) is 2.80. The maximum Gasteiger partial charge on any atom is 0.231 e. The standard InChI is InChI=1S/C14H16BrN3O/c15-11-3-4-12(10(7-11)8-16)18-13(19)14(9-17)5-1-2-6-14/h3-4,7H,1-2,5-6,9,17H2,(H,18,19). The molecular formula is C14H16BrN3O. The minimum atomic E-state index is -0.459.